The summed E-state index contributed by atoms with van der Waals surface area (Å²) in [5.41, 5.74) is 0.668. The number of methoxy groups -OCH3 is 1. The number of aromatic nitrogens is 3. The van der Waals surface area contributed by atoms with Gasteiger partial charge in [0.2, 0.25) is 5.88 Å². The highest BCUT2D eigenvalue weighted by atomic mass is 19.4. The summed E-state index contributed by atoms with van der Waals surface area (Å²) in [5, 5.41) is 10.2. The van der Waals surface area contributed by atoms with Crippen molar-refractivity contribution in [1.82, 2.24) is 19.9 Å². The van der Waals surface area contributed by atoms with Gasteiger partial charge in [-0.2, -0.15) is 13.2 Å². The van der Waals surface area contributed by atoms with Crippen molar-refractivity contribution in [3.8, 4) is 5.88 Å². The largest absolute Gasteiger partial charge is 0.490 e. The molecule has 2 saturated heterocycles. The van der Waals surface area contributed by atoms with Gasteiger partial charge in [0.05, 0.1) is 19.8 Å². The molecule has 0 unspecified atom stereocenters. The van der Waals surface area contributed by atoms with Gasteiger partial charge in [0.15, 0.2) is 0 Å². The average molecular weight is 471 g/mol. The van der Waals surface area contributed by atoms with Crippen LogP contribution in [-0.4, -0.2) is 77.1 Å². The van der Waals surface area contributed by atoms with Crippen LogP contribution in [0.4, 0.5) is 19.0 Å². The van der Waals surface area contributed by atoms with E-state index in [0.717, 1.165) is 18.9 Å². The zero-order chi connectivity index (χ0) is 24.2. The number of ether oxygens (including phenoxy) is 2. The number of carboxylic acid groups (broad SMARTS) is 1. The third kappa shape index (κ3) is 5.92. The lowest BCUT2D eigenvalue weighted by atomic mass is 9.93. The van der Waals surface area contributed by atoms with Gasteiger partial charge in [-0.25, -0.2) is 14.8 Å². The molecule has 0 spiro atoms. The molecule has 2 fully saturated rings. The van der Waals surface area contributed by atoms with Crippen LogP contribution in [0.25, 0.3) is 0 Å². The number of rotatable bonds is 5. The van der Waals surface area contributed by atoms with E-state index in [1.165, 1.54) is 6.33 Å². The second kappa shape index (κ2) is 10.1. The van der Waals surface area contributed by atoms with Crippen molar-refractivity contribution in [1.29, 1.82) is 0 Å². The number of hydrogen-bond donors (Lipinski definition) is 2. The van der Waals surface area contributed by atoms with Crippen LogP contribution < -0.4 is 15.0 Å². The van der Waals surface area contributed by atoms with Gasteiger partial charge in [0, 0.05) is 50.8 Å². The van der Waals surface area contributed by atoms with E-state index in [1.807, 2.05) is 36.0 Å². The van der Waals surface area contributed by atoms with E-state index in [-0.39, 0.29) is 12.0 Å². The maximum absolute atomic E-state index is 12.3. The number of carbonyl (C=O) groups excluding carboxylic acids is 1. The number of nitrogens with one attached hydrogen (secondary N) is 1. The smallest absolute Gasteiger partial charge is 0.481 e. The Balaban J connectivity index is 0.000000383. The molecule has 2 aliphatic heterocycles. The molecule has 2 aromatic rings. The number of aryl methyl sites for hydroxylation is 1. The third-order valence-electron chi connectivity index (χ3n) is 5.54. The normalized spacial score (nSPS) is 21.7. The molecule has 33 heavy (non-hydrogen) atoms. The number of aliphatic carboxylic acids is 1. The molecule has 180 valence electrons. The highest BCUT2D eigenvalue weighted by molar-refractivity contribution is 5.92. The Hall–Kier alpha value is -3.35. The summed E-state index contributed by atoms with van der Waals surface area (Å²) in [6, 6.07) is 5.53. The van der Waals surface area contributed by atoms with E-state index in [4.69, 9.17) is 19.4 Å². The van der Waals surface area contributed by atoms with E-state index in [0.29, 0.717) is 36.6 Å². The summed E-state index contributed by atoms with van der Waals surface area (Å²) < 4.78 is 44.7. The molecule has 2 N–H and O–H groups in total. The van der Waals surface area contributed by atoms with Crippen molar-refractivity contribution in [2.24, 2.45) is 18.9 Å². The molecule has 0 saturated carbocycles. The Morgan fingerprint density at radius 2 is 2.06 bits per heavy atom. The van der Waals surface area contributed by atoms with Gasteiger partial charge >= 0.3 is 12.1 Å². The molecule has 13 heteroatoms. The van der Waals surface area contributed by atoms with Crippen molar-refractivity contribution in [2.45, 2.75) is 12.3 Å². The van der Waals surface area contributed by atoms with Crippen molar-refractivity contribution in [3.05, 3.63) is 36.4 Å². The van der Waals surface area contributed by atoms with Gasteiger partial charge in [0.25, 0.3) is 5.91 Å². The Morgan fingerprint density at radius 3 is 2.67 bits per heavy atom. The van der Waals surface area contributed by atoms with E-state index < -0.39 is 12.1 Å². The van der Waals surface area contributed by atoms with Gasteiger partial charge in [-0.1, -0.05) is 0 Å². The molecule has 0 radical (unpaired) electrons. The number of hydrogen-bond acceptors (Lipinski definition) is 7. The first-order valence-electron chi connectivity index (χ1n) is 10.0. The molecule has 10 nitrogen and oxygen atoms in total. The molecule has 0 aromatic carbocycles. The molecule has 0 aliphatic carbocycles. The van der Waals surface area contributed by atoms with Crippen LogP contribution >= 0.6 is 0 Å². The van der Waals surface area contributed by atoms with E-state index in [2.05, 4.69) is 20.2 Å². The number of halogens is 3. The molecule has 4 rings (SSSR count). The highest BCUT2D eigenvalue weighted by Gasteiger charge is 2.44. The lowest BCUT2D eigenvalue weighted by molar-refractivity contribution is -0.192. The number of alkyl halides is 3. The number of fused-ring (bicyclic) bond motifs is 1. The minimum atomic E-state index is -5.08. The van der Waals surface area contributed by atoms with Gasteiger partial charge in [-0.3, -0.25) is 4.79 Å². The minimum absolute atomic E-state index is 0.0451. The molecular weight excluding hydrogens is 447 g/mol. The second-order valence-corrected chi connectivity index (χ2v) is 7.64. The fraction of sp³-hybridized carbons (Fsp3) is 0.500. The van der Waals surface area contributed by atoms with Crippen LogP contribution in [0.5, 0.6) is 5.88 Å². The molecule has 2 aromatic heterocycles. The zero-order valence-corrected chi connectivity index (χ0v) is 18.0. The van der Waals surface area contributed by atoms with Crippen molar-refractivity contribution in [2.75, 3.05) is 38.3 Å². The van der Waals surface area contributed by atoms with Gasteiger partial charge < -0.3 is 29.4 Å². The summed E-state index contributed by atoms with van der Waals surface area (Å²) in [5.74, 6) is -0.715. The zero-order valence-electron chi connectivity index (χ0n) is 18.0. The Bertz CT molecular complexity index is 983. The predicted molar refractivity (Wildman–Crippen MR) is 109 cm³/mol. The minimum Gasteiger partial charge on any atom is -0.481 e. The third-order valence-corrected chi connectivity index (χ3v) is 5.54. The first-order valence-corrected chi connectivity index (χ1v) is 10.0. The standard InChI is InChI=1S/C18H23N5O3.C2HF3O2/c1-22-5-3-4-14(22)18(24)19-7-12-10-26-15-9-23(8-13(12)15)16-6-17(25-2)21-11-20-16;3-2(4,5)1(6)7/h3-6,11-13,15H,7-10H2,1-2H3,(H,19,24);(H,6,7)/t12-,13+,15+;/m0./s1. The Labute approximate surface area is 187 Å². The maximum atomic E-state index is 12.3. The highest BCUT2D eigenvalue weighted by Crippen LogP contribution is 2.35. The number of carboxylic acids is 1. The number of carbonyl (C=O) groups is 2. The first kappa shape index (κ1) is 24.3. The van der Waals surface area contributed by atoms with Crippen LogP contribution in [0.3, 0.4) is 0 Å². The van der Waals surface area contributed by atoms with Gasteiger partial charge in [-0.05, 0) is 12.1 Å². The molecular formula is C20H24F3N5O5. The Morgan fingerprint density at radius 1 is 1.33 bits per heavy atom. The van der Waals surface area contributed by atoms with Crippen LogP contribution in [-0.2, 0) is 16.6 Å². The summed E-state index contributed by atoms with van der Waals surface area (Å²) in [7, 11) is 3.47. The SMILES string of the molecule is COc1cc(N2C[C@@H]3[C@@H](CNC(=O)c4cccn4C)CO[C@@H]3C2)ncn1.O=C(O)C(F)(F)F. The van der Waals surface area contributed by atoms with Crippen LogP contribution in [0.1, 0.15) is 10.5 Å². The van der Waals surface area contributed by atoms with Crippen LogP contribution in [0.2, 0.25) is 0 Å². The summed E-state index contributed by atoms with van der Waals surface area (Å²) in [4.78, 5) is 31.8. The van der Waals surface area contributed by atoms with Crippen molar-refractivity contribution < 1.29 is 37.3 Å². The fourth-order valence-corrected chi connectivity index (χ4v) is 3.82. The predicted octanol–water partition coefficient (Wildman–Crippen LogP) is 1.34. The topological polar surface area (TPSA) is 119 Å². The van der Waals surface area contributed by atoms with Gasteiger partial charge in [0.1, 0.15) is 17.8 Å². The lowest BCUT2D eigenvalue weighted by Crippen LogP contribution is -2.35. The second-order valence-electron chi connectivity index (χ2n) is 7.64. The van der Waals surface area contributed by atoms with E-state index >= 15 is 0 Å². The van der Waals surface area contributed by atoms with Crippen molar-refractivity contribution >= 4 is 17.7 Å². The van der Waals surface area contributed by atoms with Crippen LogP contribution in [0, 0.1) is 11.8 Å². The lowest BCUT2D eigenvalue weighted by Gasteiger charge is -2.21. The van der Waals surface area contributed by atoms with E-state index in [1.54, 1.807) is 7.11 Å². The summed E-state index contributed by atoms with van der Waals surface area (Å²) in [6.07, 6.45) is -1.53. The van der Waals surface area contributed by atoms with Crippen LogP contribution in [0.15, 0.2) is 30.7 Å². The van der Waals surface area contributed by atoms with Crippen molar-refractivity contribution in [3.63, 3.8) is 0 Å². The van der Waals surface area contributed by atoms with Gasteiger partial charge in [-0.15, -0.1) is 0 Å². The number of amides is 1. The number of nitrogens with zero attached hydrogens (tertiary/aromatic N) is 4. The summed E-state index contributed by atoms with van der Waals surface area (Å²) in [6.45, 7) is 2.96. The molecule has 4 heterocycles. The Kier molecular flexibility index (Phi) is 7.41. The molecule has 3 atom stereocenters. The van der Waals surface area contributed by atoms with E-state index in [9.17, 15) is 18.0 Å². The monoisotopic (exact) mass is 471 g/mol. The first-order chi connectivity index (χ1) is 15.6. The fourth-order valence-electron chi connectivity index (χ4n) is 3.82. The average Bonchev–Trinajstić information content (AvgIpc) is 3.48. The maximum Gasteiger partial charge on any atom is 0.490 e. The summed E-state index contributed by atoms with van der Waals surface area (Å²) >= 11 is 0. The quantitative estimate of drug-likeness (QED) is 0.671. The number of anilines is 1. The molecule has 1 amide bonds. The molecule has 2 aliphatic rings. The molecule has 0 bridgehead atoms.